The van der Waals surface area contributed by atoms with Crippen molar-refractivity contribution in [2.75, 3.05) is 24.2 Å². The fraction of sp³-hybridized carbons (Fsp3) is 0.182. The van der Waals surface area contributed by atoms with Gasteiger partial charge in [-0.15, -0.1) is 0 Å². The Morgan fingerprint density at radius 2 is 2.31 bits per heavy atom. The van der Waals surface area contributed by atoms with Gasteiger partial charge in [0.05, 0.1) is 24.3 Å². The van der Waals surface area contributed by atoms with Crippen LogP contribution in [0.1, 0.15) is 0 Å². The first-order valence-electron chi connectivity index (χ1n) is 5.04. The van der Waals surface area contributed by atoms with Crippen LogP contribution in [0.15, 0.2) is 36.9 Å². The Kier molecular flexibility index (Phi) is 3.07. The van der Waals surface area contributed by atoms with E-state index in [1.54, 1.807) is 12.5 Å². The van der Waals surface area contributed by atoms with Gasteiger partial charge in [0, 0.05) is 24.6 Å². The second-order valence-corrected chi connectivity index (χ2v) is 3.39. The monoisotopic (exact) mass is 218 g/mol. The second-order valence-electron chi connectivity index (χ2n) is 3.39. The summed E-state index contributed by atoms with van der Waals surface area (Å²) in [5.41, 5.74) is 8.28. The number of anilines is 2. The molecule has 0 bridgehead atoms. The van der Waals surface area contributed by atoms with Gasteiger partial charge in [-0.25, -0.2) is 4.98 Å². The van der Waals surface area contributed by atoms with Crippen LogP contribution in [0.2, 0.25) is 0 Å². The molecule has 0 spiro atoms. The zero-order valence-corrected chi connectivity index (χ0v) is 8.80. The first-order valence-corrected chi connectivity index (χ1v) is 5.04. The van der Waals surface area contributed by atoms with E-state index >= 15 is 0 Å². The Balaban J connectivity index is 2.28. The summed E-state index contributed by atoms with van der Waals surface area (Å²) < 4.78 is 1.89. The van der Waals surface area contributed by atoms with Crippen LogP contribution in [0, 0.1) is 0 Å². The molecule has 1 aromatic carbocycles. The van der Waals surface area contributed by atoms with Gasteiger partial charge < -0.3 is 20.7 Å². The van der Waals surface area contributed by atoms with Crippen LogP contribution in [0.4, 0.5) is 11.4 Å². The quantitative estimate of drug-likeness (QED) is 0.665. The van der Waals surface area contributed by atoms with Crippen molar-refractivity contribution in [2.45, 2.75) is 0 Å². The molecule has 0 fully saturated rings. The van der Waals surface area contributed by atoms with Crippen LogP contribution in [0.5, 0.6) is 0 Å². The molecule has 0 saturated heterocycles. The molecule has 1 heterocycles. The maximum atomic E-state index is 8.75. The van der Waals surface area contributed by atoms with Gasteiger partial charge in [-0.2, -0.15) is 0 Å². The molecule has 0 saturated carbocycles. The standard InChI is InChI=1S/C11H14N4O/c12-10-2-1-9(15-5-3-13-8-15)7-11(10)14-4-6-16/h1-3,5,7-8,14,16H,4,6,12H2. The van der Waals surface area contributed by atoms with E-state index in [1.807, 2.05) is 29.0 Å². The van der Waals surface area contributed by atoms with Crippen molar-refractivity contribution in [1.82, 2.24) is 9.55 Å². The van der Waals surface area contributed by atoms with Gasteiger partial charge >= 0.3 is 0 Å². The fourth-order valence-electron chi connectivity index (χ4n) is 1.46. The molecule has 5 heteroatoms. The normalized spacial score (nSPS) is 10.3. The van der Waals surface area contributed by atoms with Crippen LogP contribution in [-0.2, 0) is 0 Å². The zero-order chi connectivity index (χ0) is 11.4. The van der Waals surface area contributed by atoms with E-state index in [2.05, 4.69) is 10.3 Å². The molecule has 0 atom stereocenters. The Morgan fingerprint density at radius 1 is 1.44 bits per heavy atom. The number of hydrogen-bond acceptors (Lipinski definition) is 4. The summed E-state index contributed by atoms with van der Waals surface area (Å²) in [5, 5.41) is 11.8. The third-order valence-electron chi connectivity index (χ3n) is 2.27. The topological polar surface area (TPSA) is 76.1 Å². The number of benzene rings is 1. The number of nitrogens with one attached hydrogen (secondary N) is 1. The molecule has 0 unspecified atom stereocenters. The molecular formula is C11H14N4O. The number of imidazole rings is 1. The van der Waals surface area contributed by atoms with Crippen LogP contribution < -0.4 is 11.1 Å². The molecule has 0 aliphatic heterocycles. The summed E-state index contributed by atoms with van der Waals surface area (Å²) in [6.07, 6.45) is 5.31. The summed E-state index contributed by atoms with van der Waals surface area (Å²) in [7, 11) is 0. The van der Waals surface area contributed by atoms with Gasteiger partial charge in [-0.05, 0) is 18.2 Å². The molecular weight excluding hydrogens is 204 g/mol. The molecule has 4 N–H and O–H groups in total. The third-order valence-corrected chi connectivity index (χ3v) is 2.27. The van der Waals surface area contributed by atoms with E-state index in [0.717, 1.165) is 11.4 Å². The van der Waals surface area contributed by atoms with Gasteiger partial charge in [0.15, 0.2) is 0 Å². The number of rotatable bonds is 4. The number of aliphatic hydroxyl groups excluding tert-OH is 1. The lowest BCUT2D eigenvalue weighted by atomic mass is 10.2. The highest BCUT2D eigenvalue weighted by atomic mass is 16.3. The van der Waals surface area contributed by atoms with Gasteiger partial charge in [-0.3, -0.25) is 0 Å². The van der Waals surface area contributed by atoms with Gasteiger partial charge in [0.25, 0.3) is 0 Å². The SMILES string of the molecule is Nc1ccc(-n2ccnc2)cc1NCCO. The average molecular weight is 218 g/mol. The predicted molar refractivity (Wildman–Crippen MR) is 63.6 cm³/mol. The molecule has 1 aromatic heterocycles. The van der Waals surface area contributed by atoms with E-state index in [4.69, 9.17) is 10.8 Å². The van der Waals surface area contributed by atoms with E-state index in [0.29, 0.717) is 12.2 Å². The highest BCUT2D eigenvalue weighted by Gasteiger charge is 2.01. The summed E-state index contributed by atoms with van der Waals surface area (Å²) in [6, 6.07) is 5.67. The van der Waals surface area contributed by atoms with Gasteiger partial charge in [0.1, 0.15) is 0 Å². The minimum Gasteiger partial charge on any atom is -0.397 e. The minimum atomic E-state index is 0.0781. The molecule has 0 radical (unpaired) electrons. The molecule has 0 aliphatic rings. The lowest BCUT2D eigenvalue weighted by molar-refractivity contribution is 0.311. The van der Waals surface area contributed by atoms with Crippen molar-refractivity contribution in [3.8, 4) is 5.69 Å². The summed E-state index contributed by atoms with van der Waals surface area (Å²) in [6.45, 7) is 0.562. The first kappa shape index (κ1) is 10.5. The van der Waals surface area contributed by atoms with Crippen molar-refractivity contribution in [2.24, 2.45) is 0 Å². The highest BCUT2D eigenvalue weighted by molar-refractivity contribution is 5.69. The third kappa shape index (κ3) is 2.14. The van der Waals surface area contributed by atoms with E-state index in [1.165, 1.54) is 0 Å². The minimum absolute atomic E-state index is 0.0781. The summed E-state index contributed by atoms with van der Waals surface area (Å²) in [4.78, 5) is 3.98. The van der Waals surface area contributed by atoms with Crippen molar-refractivity contribution in [3.63, 3.8) is 0 Å². The van der Waals surface area contributed by atoms with Crippen LogP contribution in [-0.4, -0.2) is 27.8 Å². The van der Waals surface area contributed by atoms with E-state index in [-0.39, 0.29) is 6.61 Å². The van der Waals surface area contributed by atoms with Crippen LogP contribution in [0.3, 0.4) is 0 Å². The maximum Gasteiger partial charge on any atom is 0.0991 e. The fourth-order valence-corrected chi connectivity index (χ4v) is 1.46. The number of aromatic nitrogens is 2. The Labute approximate surface area is 93.5 Å². The van der Waals surface area contributed by atoms with E-state index < -0.39 is 0 Å². The smallest absolute Gasteiger partial charge is 0.0991 e. The van der Waals surface area contributed by atoms with Crippen molar-refractivity contribution in [3.05, 3.63) is 36.9 Å². The number of aliphatic hydroxyl groups is 1. The van der Waals surface area contributed by atoms with Crippen LogP contribution >= 0.6 is 0 Å². The Bertz CT molecular complexity index is 453. The lowest BCUT2D eigenvalue weighted by Gasteiger charge is -2.10. The van der Waals surface area contributed by atoms with Crippen molar-refractivity contribution >= 4 is 11.4 Å². The predicted octanol–water partition coefficient (Wildman–Crippen LogP) is 0.859. The number of nitrogens with two attached hydrogens (primary N) is 1. The van der Waals surface area contributed by atoms with Gasteiger partial charge in [-0.1, -0.05) is 0 Å². The van der Waals surface area contributed by atoms with Crippen LogP contribution in [0.25, 0.3) is 5.69 Å². The molecule has 16 heavy (non-hydrogen) atoms. The van der Waals surface area contributed by atoms with Crippen molar-refractivity contribution in [1.29, 1.82) is 0 Å². The Hall–Kier alpha value is -2.01. The number of nitrogen functional groups attached to an aromatic ring is 1. The lowest BCUT2D eigenvalue weighted by Crippen LogP contribution is -2.08. The maximum absolute atomic E-state index is 8.75. The first-order chi connectivity index (χ1) is 7.81. The zero-order valence-electron chi connectivity index (χ0n) is 8.80. The molecule has 84 valence electrons. The molecule has 0 amide bonds. The molecule has 0 aliphatic carbocycles. The largest absolute Gasteiger partial charge is 0.397 e. The summed E-state index contributed by atoms with van der Waals surface area (Å²) >= 11 is 0. The number of hydrogen-bond donors (Lipinski definition) is 3. The average Bonchev–Trinajstić information content (AvgIpc) is 2.81. The van der Waals surface area contributed by atoms with Gasteiger partial charge in [0.2, 0.25) is 0 Å². The molecule has 2 rings (SSSR count). The second kappa shape index (κ2) is 4.67. The number of nitrogens with zero attached hydrogens (tertiary/aromatic N) is 2. The Morgan fingerprint density at radius 3 is 3.00 bits per heavy atom. The summed E-state index contributed by atoms with van der Waals surface area (Å²) in [5.74, 6) is 0. The van der Waals surface area contributed by atoms with Crippen molar-refractivity contribution < 1.29 is 5.11 Å². The highest BCUT2D eigenvalue weighted by Crippen LogP contribution is 2.21. The van der Waals surface area contributed by atoms with E-state index in [9.17, 15) is 0 Å². The molecule has 2 aromatic rings. The molecule has 5 nitrogen and oxygen atoms in total.